The number of hydrogen-bond donors (Lipinski definition) is 0. The summed E-state index contributed by atoms with van der Waals surface area (Å²) in [6.07, 6.45) is 9.32. The first-order valence-electron chi connectivity index (χ1n) is 4.26. The van der Waals surface area contributed by atoms with E-state index in [1.54, 1.807) is 0 Å². The molecule has 0 saturated carbocycles. The predicted molar refractivity (Wildman–Crippen MR) is 47.5 cm³/mol. The van der Waals surface area contributed by atoms with E-state index in [9.17, 15) is 0 Å². The van der Waals surface area contributed by atoms with Crippen molar-refractivity contribution >= 4 is 0 Å². The molecule has 0 aromatic heterocycles. The van der Waals surface area contributed by atoms with E-state index < -0.39 is 0 Å². The Morgan fingerprint density at radius 1 is 1.45 bits per heavy atom. The van der Waals surface area contributed by atoms with Crippen LogP contribution in [-0.2, 0) is 4.74 Å². The van der Waals surface area contributed by atoms with Gasteiger partial charge in [0.25, 0.3) is 0 Å². The van der Waals surface area contributed by atoms with Gasteiger partial charge in [0.05, 0.1) is 12.7 Å². The Labute approximate surface area is 68.8 Å². The van der Waals surface area contributed by atoms with Gasteiger partial charge < -0.3 is 4.74 Å². The van der Waals surface area contributed by atoms with Crippen LogP contribution in [0, 0.1) is 0 Å². The Bertz CT molecular complexity index is 166. The molecular formula is C10H16O. The standard InChI is InChI=1S/C10H16O/c1-9(2)11-8-10-6-4-3-5-7-10/h4,6-7,9H,3,5,8H2,1-2H3. The molecule has 62 valence electrons. The number of ether oxygens (including phenoxy) is 1. The molecule has 0 aliphatic heterocycles. The van der Waals surface area contributed by atoms with Gasteiger partial charge >= 0.3 is 0 Å². The summed E-state index contributed by atoms with van der Waals surface area (Å²) in [5, 5.41) is 0. The smallest absolute Gasteiger partial charge is 0.0717 e. The van der Waals surface area contributed by atoms with Gasteiger partial charge in [-0.15, -0.1) is 0 Å². The minimum absolute atomic E-state index is 0.339. The molecule has 0 spiro atoms. The second kappa shape index (κ2) is 4.35. The minimum atomic E-state index is 0.339. The quantitative estimate of drug-likeness (QED) is 0.604. The van der Waals surface area contributed by atoms with Crippen molar-refractivity contribution in [3.05, 3.63) is 23.8 Å². The highest BCUT2D eigenvalue weighted by Crippen LogP contribution is 2.10. The van der Waals surface area contributed by atoms with Crippen LogP contribution in [0.1, 0.15) is 26.7 Å². The van der Waals surface area contributed by atoms with E-state index in [1.165, 1.54) is 18.4 Å². The summed E-state index contributed by atoms with van der Waals surface area (Å²) in [4.78, 5) is 0. The largest absolute Gasteiger partial charge is 0.374 e. The van der Waals surface area contributed by atoms with Crippen LogP contribution in [0.5, 0.6) is 0 Å². The van der Waals surface area contributed by atoms with Gasteiger partial charge in [-0.1, -0.05) is 18.2 Å². The fourth-order valence-corrected chi connectivity index (χ4v) is 1.04. The van der Waals surface area contributed by atoms with E-state index in [-0.39, 0.29) is 0 Å². The van der Waals surface area contributed by atoms with Crippen LogP contribution in [0.3, 0.4) is 0 Å². The highest BCUT2D eigenvalue weighted by molar-refractivity contribution is 5.22. The Hall–Kier alpha value is -0.560. The molecule has 0 amide bonds. The average Bonchev–Trinajstić information content (AvgIpc) is 2.03. The normalized spacial score (nSPS) is 17.2. The van der Waals surface area contributed by atoms with Crippen LogP contribution < -0.4 is 0 Å². The second-order valence-corrected chi connectivity index (χ2v) is 3.12. The molecule has 1 aliphatic rings. The molecule has 0 fully saturated rings. The van der Waals surface area contributed by atoms with E-state index in [0.29, 0.717) is 6.10 Å². The average molecular weight is 152 g/mol. The van der Waals surface area contributed by atoms with Crippen LogP contribution in [-0.4, -0.2) is 12.7 Å². The summed E-state index contributed by atoms with van der Waals surface area (Å²) in [6.45, 7) is 4.90. The van der Waals surface area contributed by atoms with Crippen molar-refractivity contribution in [2.45, 2.75) is 32.8 Å². The van der Waals surface area contributed by atoms with Crippen LogP contribution in [0.25, 0.3) is 0 Å². The molecule has 0 unspecified atom stereocenters. The molecule has 0 bridgehead atoms. The van der Waals surface area contributed by atoms with Gasteiger partial charge in [0.1, 0.15) is 0 Å². The van der Waals surface area contributed by atoms with E-state index in [2.05, 4.69) is 32.1 Å². The summed E-state index contributed by atoms with van der Waals surface area (Å²) in [6, 6.07) is 0. The van der Waals surface area contributed by atoms with Crippen molar-refractivity contribution in [3.63, 3.8) is 0 Å². The first kappa shape index (κ1) is 8.54. The molecule has 1 nitrogen and oxygen atoms in total. The molecule has 0 atom stereocenters. The summed E-state index contributed by atoms with van der Waals surface area (Å²) >= 11 is 0. The van der Waals surface area contributed by atoms with Gasteiger partial charge in [-0.05, 0) is 32.3 Å². The molecule has 1 rings (SSSR count). The lowest BCUT2D eigenvalue weighted by molar-refractivity contribution is 0.0986. The molecule has 11 heavy (non-hydrogen) atoms. The van der Waals surface area contributed by atoms with E-state index in [0.717, 1.165) is 6.61 Å². The van der Waals surface area contributed by atoms with Crippen molar-refractivity contribution in [3.8, 4) is 0 Å². The summed E-state index contributed by atoms with van der Waals surface area (Å²) in [7, 11) is 0. The summed E-state index contributed by atoms with van der Waals surface area (Å²) in [5.41, 5.74) is 1.32. The third-order valence-electron chi connectivity index (χ3n) is 1.66. The highest BCUT2D eigenvalue weighted by atomic mass is 16.5. The van der Waals surface area contributed by atoms with E-state index >= 15 is 0 Å². The predicted octanol–water partition coefficient (Wildman–Crippen LogP) is 2.69. The van der Waals surface area contributed by atoms with Gasteiger partial charge in [0.15, 0.2) is 0 Å². The zero-order valence-corrected chi connectivity index (χ0v) is 7.34. The Kier molecular flexibility index (Phi) is 3.37. The number of hydrogen-bond acceptors (Lipinski definition) is 1. The lowest BCUT2D eigenvalue weighted by Gasteiger charge is -2.10. The third-order valence-corrected chi connectivity index (χ3v) is 1.66. The maximum atomic E-state index is 5.46. The van der Waals surface area contributed by atoms with Crippen molar-refractivity contribution in [1.29, 1.82) is 0 Å². The van der Waals surface area contributed by atoms with Gasteiger partial charge in [0.2, 0.25) is 0 Å². The van der Waals surface area contributed by atoms with Gasteiger partial charge in [-0.2, -0.15) is 0 Å². The Balaban J connectivity index is 2.25. The number of allylic oxidation sites excluding steroid dienone is 2. The SMILES string of the molecule is CC(C)OCC1=CCCC=C1. The highest BCUT2D eigenvalue weighted by Gasteiger charge is 1.98. The van der Waals surface area contributed by atoms with Crippen LogP contribution in [0.4, 0.5) is 0 Å². The summed E-state index contributed by atoms with van der Waals surface area (Å²) in [5.74, 6) is 0. The van der Waals surface area contributed by atoms with Crippen LogP contribution >= 0.6 is 0 Å². The van der Waals surface area contributed by atoms with Gasteiger partial charge in [0, 0.05) is 0 Å². The molecule has 0 aromatic carbocycles. The molecule has 1 aliphatic carbocycles. The first-order chi connectivity index (χ1) is 5.29. The van der Waals surface area contributed by atoms with Crippen molar-refractivity contribution < 1.29 is 4.74 Å². The molecule has 0 heterocycles. The lowest BCUT2D eigenvalue weighted by Crippen LogP contribution is -2.05. The topological polar surface area (TPSA) is 9.23 Å². The Morgan fingerprint density at radius 3 is 2.82 bits per heavy atom. The monoisotopic (exact) mass is 152 g/mol. The minimum Gasteiger partial charge on any atom is -0.374 e. The fourth-order valence-electron chi connectivity index (χ4n) is 1.04. The molecule has 0 aromatic rings. The van der Waals surface area contributed by atoms with E-state index in [1.807, 2.05) is 0 Å². The van der Waals surface area contributed by atoms with Crippen molar-refractivity contribution in [1.82, 2.24) is 0 Å². The maximum absolute atomic E-state index is 5.46. The van der Waals surface area contributed by atoms with Crippen molar-refractivity contribution in [2.24, 2.45) is 0 Å². The zero-order chi connectivity index (χ0) is 8.10. The van der Waals surface area contributed by atoms with Crippen LogP contribution in [0.15, 0.2) is 23.8 Å². The maximum Gasteiger partial charge on any atom is 0.0717 e. The molecule has 0 N–H and O–H groups in total. The Morgan fingerprint density at radius 2 is 2.27 bits per heavy atom. The van der Waals surface area contributed by atoms with Crippen molar-refractivity contribution in [2.75, 3.05) is 6.61 Å². The molecule has 0 radical (unpaired) electrons. The van der Waals surface area contributed by atoms with E-state index in [4.69, 9.17) is 4.74 Å². The second-order valence-electron chi connectivity index (χ2n) is 3.12. The number of rotatable bonds is 3. The molecular weight excluding hydrogens is 136 g/mol. The first-order valence-corrected chi connectivity index (χ1v) is 4.26. The molecule has 1 heteroatoms. The van der Waals surface area contributed by atoms with Gasteiger partial charge in [-0.3, -0.25) is 0 Å². The fraction of sp³-hybridized carbons (Fsp3) is 0.600. The zero-order valence-electron chi connectivity index (χ0n) is 7.34. The summed E-state index contributed by atoms with van der Waals surface area (Å²) < 4.78 is 5.46. The van der Waals surface area contributed by atoms with Gasteiger partial charge in [-0.25, -0.2) is 0 Å². The molecule has 0 saturated heterocycles. The lowest BCUT2D eigenvalue weighted by atomic mass is 10.1. The third kappa shape index (κ3) is 3.38. The van der Waals surface area contributed by atoms with Crippen LogP contribution in [0.2, 0.25) is 0 Å².